The third kappa shape index (κ3) is 3.33. The fourth-order valence-corrected chi connectivity index (χ4v) is 3.75. The molecule has 2 N–H and O–H groups in total. The van der Waals surface area contributed by atoms with E-state index in [1.807, 2.05) is 36.4 Å². The van der Waals surface area contributed by atoms with Crippen LogP contribution in [-0.2, 0) is 11.3 Å². The van der Waals surface area contributed by atoms with Crippen LogP contribution in [0, 0.1) is 5.92 Å². The van der Waals surface area contributed by atoms with Crippen LogP contribution in [0.25, 0.3) is 10.9 Å². The Hall–Kier alpha value is -3.08. The van der Waals surface area contributed by atoms with Crippen molar-refractivity contribution in [3.8, 4) is 0 Å². The highest BCUT2D eigenvalue weighted by atomic mass is 16.2. The van der Waals surface area contributed by atoms with E-state index in [-0.39, 0.29) is 24.3 Å². The Labute approximate surface area is 158 Å². The van der Waals surface area contributed by atoms with Crippen molar-refractivity contribution >= 4 is 28.4 Å². The zero-order valence-electron chi connectivity index (χ0n) is 15.5. The summed E-state index contributed by atoms with van der Waals surface area (Å²) in [6.45, 7) is 5.31. The zero-order chi connectivity index (χ0) is 19.0. The molecular formula is C22H23N3O2. The first-order valence-electron chi connectivity index (χ1n) is 9.30. The molecule has 0 radical (unpaired) electrons. The third-order valence-electron chi connectivity index (χ3n) is 4.93. The maximum atomic E-state index is 12.6. The van der Waals surface area contributed by atoms with Crippen LogP contribution in [0.3, 0.4) is 0 Å². The molecule has 1 aliphatic rings. The van der Waals surface area contributed by atoms with Gasteiger partial charge in [-0.15, -0.1) is 0 Å². The molecule has 27 heavy (non-hydrogen) atoms. The molecule has 2 aromatic carbocycles. The van der Waals surface area contributed by atoms with Crippen molar-refractivity contribution in [2.24, 2.45) is 5.92 Å². The summed E-state index contributed by atoms with van der Waals surface area (Å²) in [4.78, 5) is 24.7. The molecule has 0 aliphatic carbocycles. The predicted molar refractivity (Wildman–Crippen MR) is 107 cm³/mol. The lowest BCUT2D eigenvalue weighted by atomic mass is 10.0. The van der Waals surface area contributed by atoms with Crippen LogP contribution in [-0.4, -0.2) is 16.4 Å². The first-order valence-corrected chi connectivity index (χ1v) is 9.30. The number of rotatable bonds is 5. The number of nitrogens with one attached hydrogen (secondary N) is 2. The maximum absolute atomic E-state index is 12.6. The summed E-state index contributed by atoms with van der Waals surface area (Å²) in [6.07, 6.45) is 2.28. The molecule has 0 saturated carbocycles. The number of carbonyl (C=O) groups excluding carboxylic acids is 2. The summed E-state index contributed by atoms with van der Waals surface area (Å²) in [5, 5.41) is 6.95. The number of benzene rings is 2. The fourth-order valence-electron chi connectivity index (χ4n) is 3.75. The first kappa shape index (κ1) is 17.3. The molecule has 0 bridgehead atoms. The topological polar surface area (TPSA) is 63.1 Å². The minimum absolute atomic E-state index is 0.110. The Morgan fingerprint density at radius 3 is 2.78 bits per heavy atom. The second-order valence-electron chi connectivity index (χ2n) is 7.47. The smallest absolute Gasteiger partial charge is 0.252 e. The van der Waals surface area contributed by atoms with Crippen molar-refractivity contribution < 1.29 is 9.59 Å². The Kier molecular flexibility index (Phi) is 4.44. The highest BCUT2D eigenvalue weighted by Crippen LogP contribution is 2.29. The van der Waals surface area contributed by atoms with Gasteiger partial charge < -0.3 is 15.2 Å². The van der Waals surface area contributed by atoms with Crippen LogP contribution in [0.15, 0.2) is 54.7 Å². The number of amides is 2. The first-order chi connectivity index (χ1) is 13.0. The Morgan fingerprint density at radius 1 is 1.15 bits per heavy atom. The second-order valence-corrected chi connectivity index (χ2v) is 7.47. The standard InChI is InChI=1S/C22H23N3O2/c1-14(2)13-25-11-10-17-18(8-5-9-20(17)25)23-21(26)12-19-15-6-3-4-7-16(15)22(27)24-19/h3-11,14,19H,12-13H2,1-2H3,(H,23,26)(H,24,27)/t19-/m0/s1. The lowest BCUT2D eigenvalue weighted by molar-refractivity contribution is -0.116. The van der Waals surface area contributed by atoms with Crippen LogP contribution in [0.1, 0.15) is 42.2 Å². The summed E-state index contributed by atoms with van der Waals surface area (Å²) < 4.78 is 2.21. The van der Waals surface area contributed by atoms with Gasteiger partial charge in [-0.25, -0.2) is 0 Å². The minimum Gasteiger partial charge on any atom is -0.347 e. The molecule has 5 nitrogen and oxygen atoms in total. The number of hydrogen-bond acceptors (Lipinski definition) is 2. The SMILES string of the molecule is CC(C)Cn1ccc2c(NC(=O)C[C@@H]3NC(=O)c4ccccc43)cccc21. The van der Waals surface area contributed by atoms with Gasteiger partial charge in [-0.05, 0) is 35.7 Å². The van der Waals surface area contributed by atoms with Gasteiger partial charge in [-0.1, -0.05) is 38.1 Å². The molecular weight excluding hydrogens is 338 g/mol. The number of nitrogens with zero attached hydrogens (tertiary/aromatic N) is 1. The number of hydrogen-bond donors (Lipinski definition) is 2. The third-order valence-corrected chi connectivity index (χ3v) is 4.93. The van der Waals surface area contributed by atoms with Gasteiger partial charge in [-0.2, -0.15) is 0 Å². The van der Waals surface area contributed by atoms with Gasteiger partial charge in [0.05, 0.1) is 23.7 Å². The largest absolute Gasteiger partial charge is 0.347 e. The summed E-state index contributed by atoms with van der Waals surface area (Å²) in [6, 6.07) is 15.1. The Morgan fingerprint density at radius 2 is 1.96 bits per heavy atom. The molecule has 4 rings (SSSR count). The summed E-state index contributed by atoms with van der Waals surface area (Å²) in [7, 11) is 0. The molecule has 1 atom stereocenters. The van der Waals surface area contributed by atoms with Crippen LogP contribution >= 0.6 is 0 Å². The van der Waals surface area contributed by atoms with E-state index in [0.29, 0.717) is 11.5 Å². The van der Waals surface area contributed by atoms with E-state index in [9.17, 15) is 9.59 Å². The van der Waals surface area contributed by atoms with Crippen molar-refractivity contribution in [1.29, 1.82) is 0 Å². The van der Waals surface area contributed by atoms with Gasteiger partial charge in [0.2, 0.25) is 5.91 Å². The lowest BCUT2D eigenvalue weighted by Gasteiger charge is -2.13. The predicted octanol–water partition coefficient (Wildman–Crippen LogP) is 4.11. The number of fused-ring (bicyclic) bond motifs is 2. The van der Waals surface area contributed by atoms with Crippen molar-refractivity contribution in [2.75, 3.05) is 5.32 Å². The molecule has 2 heterocycles. The fraction of sp³-hybridized carbons (Fsp3) is 0.273. The molecule has 0 saturated heterocycles. The summed E-state index contributed by atoms with van der Waals surface area (Å²) in [5.41, 5.74) is 3.46. The molecule has 5 heteroatoms. The van der Waals surface area contributed by atoms with Crippen LogP contribution in [0.5, 0.6) is 0 Å². The summed E-state index contributed by atoms with van der Waals surface area (Å²) in [5.74, 6) is 0.322. The molecule has 2 amide bonds. The van der Waals surface area contributed by atoms with Gasteiger partial charge in [0, 0.05) is 23.7 Å². The number of carbonyl (C=O) groups is 2. The van der Waals surface area contributed by atoms with Gasteiger partial charge in [-0.3, -0.25) is 9.59 Å². The van der Waals surface area contributed by atoms with Gasteiger partial charge >= 0.3 is 0 Å². The van der Waals surface area contributed by atoms with Gasteiger partial charge in [0.1, 0.15) is 0 Å². The van der Waals surface area contributed by atoms with Gasteiger partial charge in [0.15, 0.2) is 0 Å². The second kappa shape index (κ2) is 6.91. The van der Waals surface area contributed by atoms with E-state index in [0.717, 1.165) is 28.7 Å². The van der Waals surface area contributed by atoms with Crippen molar-refractivity contribution in [2.45, 2.75) is 32.9 Å². The van der Waals surface area contributed by atoms with E-state index in [1.54, 1.807) is 6.07 Å². The average molecular weight is 361 g/mol. The lowest BCUT2D eigenvalue weighted by Crippen LogP contribution is -2.24. The summed E-state index contributed by atoms with van der Waals surface area (Å²) >= 11 is 0. The van der Waals surface area contributed by atoms with Crippen molar-refractivity contribution in [1.82, 2.24) is 9.88 Å². The number of anilines is 1. The molecule has 138 valence electrons. The van der Waals surface area contributed by atoms with Crippen LogP contribution in [0.2, 0.25) is 0 Å². The highest BCUT2D eigenvalue weighted by molar-refractivity contribution is 6.03. The monoisotopic (exact) mass is 361 g/mol. The zero-order valence-corrected chi connectivity index (χ0v) is 15.5. The van der Waals surface area contributed by atoms with Crippen LogP contribution in [0.4, 0.5) is 5.69 Å². The number of aromatic nitrogens is 1. The highest BCUT2D eigenvalue weighted by Gasteiger charge is 2.29. The molecule has 1 aliphatic heterocycles. The van der Waals surface area contributed by atoms with E-state index in [1.165, 1.54) is 0 Å². The maximum Gasteiger partial charge on any atom is 0.252 e. The van der Waals surface area contributed by atoms with E-state index < -0.39 is 0 Å². The average Bonchev–Trinajstić information content (AvgIpc) is 3.17. The molecule has 0 unspecified atom stereocenters. The van der Waals surface area contributed by atoms with Crippen LogP contribution < -0.4 is 10.6 Å². The Balaban J connectivity index is 1.52. The molecule has 0 fully saturated rings. The molecule has 1 aromatic heterocycles. The quantitative estimate of drug-likeness (QED) is 0.718. The van der Waals surface area contributed by atoms with Gasteiger partial charge in [0.25, 0.3) is 5.91 Å². The normalized spacial score (nSPS) is 15.8. The van der Waals surface area contributed by atoms with E-state index in [4.69, 9.17) is 0 Å². The minimum atomic E-state index is -0.279. The molecule has 0 spiro atoms. The van der Waals surface area contributed by atoms with E-state index >= 15 is 0 Å². The van der Waals surface area contributed by atoms with Crippen molar-refractivity contribution in [3.63, 3.8) is 0 Å². The van der Waals surface area contributed by atoms with Crippen molar-refractivity contribution in [3.05, 3.63) is 65.9 Å². The molecule has 3 aromatic rings. The van der Waals surface area contributed by atoms with E-state index in [2.05, 4.69) is 41.3 Å². The Bertz CT molecular complexity index is 1020.